The number of aromatic nitrogens is 2. The normalized spacial score (nSPS) is 11.2. The molecule has 172 valence electrons. The molecule has 0 aliphatic carbocycles. The van der Waals surface area contributed by atoms with Crippen molar-refractivity contribution in [1.29, 1.82) is 0 Å². The summed E-state index contributed by atoms with van der Waals surface area (Å²) in [5, 5.41) is 2.91. The van der Waals surface area contributed by atoms with Crippen LogP contribution in [0.2, 0.25) is 0 Å². The number of amides is 1. The molecule has 0 spiro atoms. The summed E-state index contributed by atoms with van der Waals surface area (Å²) in [6.07, 6.45) is 4.09. The van der Waals surface area contributed by atoms with Crippen LogP contribution in [-0.2, 0) is 13.0 Å². The monoisotopic (exact) mass is 445 g/mol. The number of rotatable bonds is 11. The zero-order valence-electron chi connectivity index (χ0n) is 19.3. The smallest absolute Gasteiger partial charge is 0.286 e. The van der Waals surface area contributed by atoms with Crippen LogP contribution in [-0.4, -0.2) is 28.6 Å². The van der Waals surface area contributed by atoms with E-state index in [1.54, 1.807) is 12.1 Å². The first kappa shape index (κ1) is 22.6. The number of hydrogen-bond acceptors (Lipinski definition) is 4. The summed E-state index contributed by atoms with van der Waals surface area (Å²) >= 11 is 0. The molecule has 0 fully saturated rings. The minimum atomic E-state index is -0.207. The molecule has 0 atom stereocenters. The number of furan rings is 1. The van der Waals surface area contributed by atoms with Crippen molar-refractivity contribution in [2.24, 2.45) is 0 Å². The fourth-order valence-electron chi connectivity index (χ4n) is 3.99. The van der Waals surface area contributed by atoms with E-state index in [2.05, 4.69) is 41.9 Å². The third-order valence-corrected chi connectivity index (χ3v) is 5.69. The SMILES string of the molecule is CC(C)c1ccccc1OCCCCn1c(CCNC(=O)c2ccco2)nc2ccccc21. The van der Waals surface area contributed by atoms with Gasteiger partial charge in [0.05, 0.1) is 23.9 Å². The van der Waals surface area contributed by atoms with E-state index in [1.807, 2.05) is 30.3 Å². The number of unbranched alkanes of at least 4 members (excludes halogenated alkanes) is 1. The van der Waals surface area contributed by atoms with Crippen LogP contribution in [0.3, 0.4) is 0 Å². The zero-order valence-corrected chi connectivity index (χ0v) is 19.3. The van der Waals surface area contributed by atoms with Gasteiger partial charge in [-0.15, -0.1) is 0 Å². The highest BCUT2D eigenvalue weighted by Crippen LogP contribution is 2.26. The van der Waals surface area contributed by atoms with Gasteiger partial charge in [-0.3, -0.25) is 4.79 Å². The maximum Gasteiger partial charge on any atom is 0.286 e. The van der Waals surface area contributed by atoms with Crippen LogP contribution in [0.25, 0.3) is 11.0 Å². The lowest BCUT2D eigenvalue weighted by Gasteiger charge is -2.14. The first-order chi connectivity index (χ1) is 16.1. The van der Waals surface area contributed by atoms with Crippen molar-refractivity contribution in [3.05, 3.63) is 84.1 Å². The molecule has 4 aromatic rings. The third-order valence-electron chi connectivity index (χ3n) is 5.69. The van der Waals surface area contributed by atoms with Crippen molar-refractivity contribution < 1.29 is 13.9 Å². The molecule has 6 heteroatoms. The van der Waals surface area contributed by atoms with Crippen molar-refractivity contribution in [3.63, 3.8) is 0 Å². The first-order valence-corrected chi connectivity index (χ1v) is 11.6. The van der Waals surface area contributed by atoms with Crippen LogP contribution in [0, 0.1) is 0 Å². The summed E-state index contributed by atoms with van der Waals surface area (Å²) in [6, 6.07) is 19.8. The second kappa shape index (κ2) is 10.9. The van der Waals surface area contributed by atoms with Gasteiger partial charge in [0.2, 0.25) is 0 Å². The van der Waals surface area contributed by atoms with Gasteiger partial charge in [0.25, 0.3) is 5.91 Å². The van der Waals surface area contributed by atoms with Crippen molar-refractivity contribution in [1.82, 2.24) is 14.9 Å². The molecule has 0 saturated carbocycles. The van der Waals surface area contributed by atoms with E-state index in [0.717, 1.165) is 42.0 Å². The molecule has 0 aliphatic heterocycles. The molecule has 2 aromatic heterocycles. The number of fused-ring (bicyclic) bond motifs is 1. The molecule has 0 unspecified atom stereocenters. The van der Waals surface area contributed by atoms with Crippen LogP contribution in [0.1, 0.15) is 54.5 Å². The van der Waals surface area contributed by atoms with E-state index in [4.69, 9.17) is 14.1 Å². The van der Waals surface area contributed by atoms with Crippen LogP contribution < -0.4 is 10.1 Å². The highest BCUT2D eigenvalue weighted by atomic mass is 16.5. The number of para-hydroxylation sites is 3. The van der Waals surface area contributed by atoms with Gasteiger partial charge in [-0.1, -0.05) is 44.2 Å². The minimum Gasteiger partial charge on any atom is -0.493 e. The molecule has 2 aromatic carbocycles. The maximum atomic E-state index is 12.1. The number of nitrogens with one attached hydrogen (secondary N) is 1. The topological polar surface area (TPSA) is 69.3 Å². The highest BCUT2D eigenvalue weighted by Gasteiger charge is 2.12. The summed E-state index contributed by atoms with van der Waals surface area (Å²) in [4.78, 5) is 16.9. The number of hydrogen-bond donors (Lipinski definition) is 1. The fraction of sp³-hybridized carbons (Fsp3) is 0.333. The second-order valence-corrected chi connectivity index (χ2v) is 8.40. The van der Waals surface area contributed by atoms with Gasteiger partial charge in [0.15, 0.2) is 5.76 Å². The molecule has 0 radical (unpaired) electrons. The Morgan fingerprint density at radius 3 is 2.70 bits per heavy atom. The largest absolute Gasteiger partial charge is 0.493 e. The number of carbonyl (C=O) groups is 1. The van der Waals surface area contributed by atoms with E-state index in [0.29, 0.717) is 31.3 Å². The lowest BCUT2D eigenvalue weighted by Crippen LogP contribution is -2.26. The highest BCUT2D eigenvalue weighted by molar-refractivity contribution is 5.91. The molecule has 4 rings (SSSR count). The Hall–Kier alpha value is -3.54. The molecule has 0 aliphatic rings. The number of nitrogens with zero attached hydrogens (tertiary/aromatic N) is 2. The Bertz CT molecular complexity index is 1180. The summed E-state index contributed by atoms with van der Waals surface area (Å²) in [5.41, 5.74) is 3.35. The van der Waals surface area contributed by atoms with Gasteiger partial charge in [0.1, 0.15) is 11.6 Å². The lowest BCUT2D eigenvalue weighted by atomic mass is 10.0. The van der Waals surface area contributed by atoms with Crippen LogP contribution in [0.4, 0.5) is 0 Å². The predicted octanol–water partition coefficient (Wildman–Crippen LogP) is 5.58. The number of imidazole rings is 1. The lowest BCUT2D eigenvalue weighted by molar-refractivity contribution is 0.0926. The quantitative estimate of drug-likeness (QED) is 0.306. The zero-order chi connectivity index (χ0) is 23.0. The van der Waals surface area contributed by atoms with Gasteiger partial charge >= 0.3 is 0 Å². The van der Waals surface area contributed by atoms with Crippen LogP contribution >= 0.6 is 0 Å². The second-order valence-electron chi connectivity index (χ2n) is 8.40. The Kier molecular flexibility index (Phi) is 7.45. The Morgan fingerprint density at radius 1 is 1.06 bits per heavy atom. The summed E-state index contributed by atoms with van der Waals surface area (Å²) < 4.78 is 13.5. The number of aryl methyl sites for hydroxylation is 1. The van der Waals surface area contributed by atoms with E-state index in [9.17, 15) is 4.79 Å². The standard InChI is InChI=1S/C27H31N3O3/c1-20(2)21-10-3-6-13-24(21)32-18-8-7-17-30-23-12-5-4-11-22(23)29-26(30)15-16-28-27(31)25-14-9-19-33-25/h3-6,9-14,19-20H,7-8,15-18H2,1-2H3,(H,28,31). The van der Waals surface area contributed by atoms with E-state index >= 15 is 0 Å². The molecule has 33 heavy (non-hydrogen) atoms. The number of ether oxygens (including phenoxy) is 1. The van der Waals surface area contributed by atoms with E-state index < -0.39 is 0 Å². The average molecular weight is 446 g/mol. The van der Waals surface area contributed by atoms with Gasteiger partial charge < -0.3 is 19.0 Å². The van der Waals surface area contributed by atoms with Crippen molar-refractivity contribution in [2.75, 3.05) is 13.2 Å². The molecule has 6 nitrogen and oxygen atoms in total. The number of carbonyl (C=O) groups excluding carboxylic acids is 1. The summed E-state index contributed by atoms with van der Waals surface area (Å²) in [5.74, 6) is 2.51. The van der Waals surface area contributed by atoms with Gasteiger partial charge in [0, 0.05) is 19.5 Å². The third kappa shape index (κ3) is 5.64. The van der Waals surface area contributed by atoms with Crippen molar-refractivity contribution in [2.45, 2.75) is 45.6 Å². The van der Waals surface area contributed by atoms with Gasteiger partial charge in [-0.25, -0.2) is 4.98 Å². The van der Waals surface area contributed by atoms with Crippen molar-refractivity contribution in [3.8, 4) is 5.75 Å². The Labute approximate surface area is 194 Å². The van der Waals surface area contributed by atoms with Crippen LogP contribution in [0.15, 0.2) is 71.3 Å². The molecule has 1 amide bonds. The molecule has 0 bridgehead atoms. The van der Waals surface area contributed by atoms with Gasteiger partial charge in [-0.2, -0.15) is 0 Å². The molecule has 1 N–H and O–H groups in total. The summed E-state index contributed by atoms with van der Waals surface area (Å²) in [6.45, 7) is 6.41. The predicted molar refractivity (Wildman–Crippen MR) is 130 cm³/mol. The molecular weight excluding hydrogens is 414 g/mol. The molecule has 0 saturated heterocycles. The fourth-order valence-corrected chi connectivity index (χ4v) is 3.99. The van der Waals surface area contributed by atoms with E-state index in [-0.39, 0.29) is 5.91 Å². The first-order valence-electron chi connectivity index (χ1n) is 11.6. The van der Waals surface area contributed by atoms with Gasteiger partial charge in [-0.05, 0) is 54.7 Å². The van der Waals surface area contributed by atoms with Crippen molar-refractivity contribution >= 4 is 16.9 Å². The Morgan fingerprint density at radius 2 is 1.88 bits per heavy atom. The van der Waals surface area contributed by atoms with Crippen LogP contribution in [0.5, 0.6) is 5.75 Å². The number of benzene rings is 2. The van der Waals surface area contributed by atoms with E-state index in [1.165, 1.54) is 11.8 Å². The summed E-state index contributed by atoms with van der Waals surface area (Å²) in [7, 11) is 0. The average Bonchev–Trinajstić information content (AvgIpc) is 3.48. The Balaban J connectivity index is 1.33. The molecular formula is C27H31N3O3. The minimum absolute atomic E-state index is 0.207. The maximum absolute atomic E-state index is 12.1. The molecule has 2 heterocycles.